The zero-order valence-electron chi connectivity index (χ0n) is 25.6. The molecule has 0 aromatic heterocycles. The maximum atomic E-state index is 13.4. The number of unbranched alkanes of at least 4 members (excludes halogenated alkanes) is 7. The summed E-state index contributed by atoms with van der Waals surface area (Å²) < 4.78 is 11.0. The van der Waals surface area contributed by atoms with Crippen LogP contribution >= 0.6 is 0 Å². The van der Waals surface area contributed by atoms with Gasteiger partial charge in [-0.2, -0.15) is 0 Å². The number of oxime groups is 1. The fourth-order valence-electron chi connectivity index (χ4n) is 6.01. The number of esters is 2. The Balaban J connectivity index is 2.21. The monoisotopic (exact) mass is 556 g/mol. The average molecular weight is 557 g/mol. The molecule has 0 spiro atoms. The molecule has 1 heterocycles. The first-order valence-electron chi connectivity index (χ1n) is 15.6. The molecule has 1 aliphatic rings. The van der Waals surface area contributed by atoms with Crippen LogP contribution in [0.3, 0.4) is 0 Å². The topological polar surface area (TPSA) is 97.5 Å². The molecule has 0 amide bonds. The first-order valence-corrected chi connectivity index (χ1v) is 15.6. The number of hydrogen-bond acceptors (Lipinski definition) is 7. The highest BCUT2D eigenvalue weighted by Crippen LogP contribution is 2.41. The van der Waals surface area contributed by atoms with Crippen LogP contribution in [0.5, 0.6) is 0 Å². The number of hydrogen-bond donors (Lipinski definition) is 1. The Morgan fingerprint density at radius 1 is 0.950 bits per heavy atom. The molecule has 0 radical (unpaired) electrons. The van der Waals surface area contributed by atoms with E-state index in [1.165, 1.54) is 32.1 Å². The SMILES string of the molecule is CCCCCCCCCCC(OC(=O)C(=NO)C1=NCC(CCC)(CCC)c2c(C)cccc21)C(=O)OCCC. The molecule has 1 atom stereocenters. The predicted octanol–water partition coefficient (Wildman–Crippen LogP) is 7.86. The molecule has 7 heteroatoms. The molecule has 1 aliphatic heterocycles. The zero-order valence-corrected chi connectivity index (χ0v) is 25.6. The van der Waals surface area contributed by atoms with Crippen molar-refractivity contribution in [1.82, 2.24) is 0 Å². The lowest BCUT2D eigenvalue weighted by molar-refractivity contribution is -0.164. The average Bonchev–Trinajstić information content (AvgIpc) is 2.94. The van der Waals surface area contributed by atoms with Crippen LogP contribution in [0.1, 0.15) is 134 Å². The van der Waals surface area contributed by atoms with Gasteiger partial charge in [-0.05, 0) is 50.2 Å². The van der Waals surface area contributed by atoms with Crippen molar-refractivity contribution in [2.45, 2.75) is 136 Å². The smallest absolute Gasteiger partial charge is 0.363 e. The summed E-state index contributed by atoms with van der Waals surface area (Å²) in [4.78, 5) is 31.0. The van der Waals surface area contributed by atoms with E-state index >= 15 is 0 Å². The number of nitrogens with zero attached hydrogens (tertiary/aromatic N) is 2. The third-order valence-electron chi connectivity index (χ3n) is 7.85. The summed E-state index contributed by atoms with van der Waals surface area (Å²) >= 11 is 0. The van der Waals surface area contributed by atoms with E-state index in [1.807, 2.05) is 19.1 Å². The third kappa shape index (κ3) is 9.17. The number of fused-ring (bicyclic) bond motifs is 1. The summed E-state index contributed by atoms with van der Waals surface area (Å²) in [6.07, 6.45) is 12.9. The third-order valence-corrected chi connectivity index (χ3v) is 7.85. The van der Waals surface area contributed by atoms with Crippen LogP contribution in [-0.2, 0) is 24.5 Å². The molecule has 1 aromatic carbocycles. The molecule has 0 aliphatic carbocycles. The molecule has 2 rings (SSSR count). The number of carbonyl (C=O) groups excluding carboxylic acids is 2. The normalized spacial score (nSPS) is 15.2. The lowest BCUT2D eigenvalue weighted by Gasteiger charge is -2.39. The van der Waals surface area contributed by atoms with Crippen molar-refractivity contribution in [3.63, 3.8) is 0 Å². The van der Waals surface area contributed by atoms with Crippen LogP contribution in [0.25, 0.3) is 0 Å². The maximum absolute atomic E-state index is 13.4. The lowest BCUT2D eigenvalue weighted by atomic mass is 9.68. The summed E-state index contributed by atoms with van der Waals surface area (Å²) in [6, 6.07) is 5.96. The Labute approximate surface area is 241 Å². The fourth-order valence-corrected chi connectivity index (χ4v) is 6.01. The number of rotatable bonds is 19. The van der Waals surface area contributed by atoms with Crippen LogP contribution in [0.2, 0.25) is 0 Å². The summed E-state index contributed by atoms with van der Waals surface area (Å²) in [5.41, 5.74) is 3.02. The van der Waals surface area contributed by atoms with Crippen LogP contribution in [-0.4, -0.2) is 47.8 Å². The van der Waals surface area contributed by atoms with E-state index in [9.17, 15) is 14.8 Å². The number of benzene rings is 1. The van der Waals surface area contributed by atoms with E-state index in [-0.39, 0.29) is 17.7 Å². The van der Waals surface area contributed by atoms with Gasteiger partial charge in [0.25, 0.3) is 0 Å². The second kappa shape index (κ2) is 17.9. The van der Waals surface area contributed by atoms with E-state index in [0.717, 1.165) is 61.6 Å². The van der Waals surface area contributed by atoms with Gasteiger partial charge in [-0.3, -0.25) is 4.99 Å². The lowest BCUT2D eigenvalue weighted by Crippen LogP contribution is -2.41. The van der Waals surface area contributed by atoms with Gasteiger partial charge < -0.3 is 14.7 Å². The van der Waals surface area contributed by atoms with Gasteiger partial charge in [-0.1, -0.05) is 109 Å². The van der Waals surface area contributed by atoms with Crippen molar-refractivity contribution in [3.8, 4) is 0 Å². The fraction of sp³-hybridized carbons (Fsp3) is 0.697. The van der Waals surface area contributed by atoms with Crippen LogP contribution in [0.15, 0.2) is 28.3 Å². The molecule has 0 bridgehead atoms. The maximum Gasteiger partial charge on any atom is 0.363 e. The summed E-state index contributed by atoms with van der Waals surface area (Å²) in [5, 5.41) is 13.4. The zero-order chi connectivity index (χ0) is 29.4. The Morgan fingerprint density at radius 2 is 1.60 bits per heavy atom. The highest BCUT2D eigenvalue weighted by Gasteiger charge is 2.40. The minimum Gasteiger partial charge on any atom is -0.463 e. The molecule has 1 unspecified atom stereocenters. The van der Waals surface area contributed by atoms with Crippen molar-refractivity contribution in [2.24, 2.45) is 10.1 Å². The second-order valence-electron chi connectivity index (χ2n) is 11.2. The van der Waals surface area contributed by atoms with E-state index in [0.29, 0.717) is 25.1 Å². The van der Waals surface area contributed by atoms with E-state index < -0.39 is 18.0 Å². The Hall–Kier alpha value is -2.70. The van der Waals surface area contributed by atoms with Gasteiger partial charge in [0.05, 0.1) is 6.61 Å². The Bertz CT molecular complexity index is 995. The highest BCUT2D eigenvalue weighted by molar-refractivity contribution is 6.69. The van der Waals surface area contributed by atoms with Crippen molar-refractivity contribution in [1.29, 1.82) is 0 Å². The van der Waals surface area contributed by atoms with Crippen LogP contribution in [0.4, 0.5) is 0 Å². The molecular weight excluding hydrogens is 504 g/mol. The molecule has 0 saturated carbocycles. The first kappa shape index (κ1) is 33.5. The number of aliphatic imine (C=N–C) groups is 1. The molecule has 224 valence electrons. The molecular formula is C33H52N2O5. The molecule has 0 saturated heterocycles. The van der Waals surface area contributed by atoms with E-state index in [1.54, 1.807) is 0 Å². The standard InChI is InChI=1S/C33H52N2O5/c1-6-10-11-12-13-14-15-16-20-27(31(36)39-23-9-4)40-32(37)30(35-38)29-26-19-17-18-25(5)28(26)33(21-7-2,22-8-3)24-34-29/h17-19,27,38H,6-16,20-24H2,1-5H3. The summed E-state index contributed by atoms with van der Waals surface area (Å²) in [7, 11) is 0. The Kier molecular flexibility index (Phi) is 15.0. The van der Waals surface area contributed by atoms with Crippen LogP contribution < -0.4 is 0 Å². The molecule has 1 aromatic rings. The first-order chi connectivity index (χ1) is 19.4. The van der Waals surface area contributed by atoms with Gasteiger partial charge in [0.15, 0.2) is 6.10 Å². The largest absolute Gasteiger partial charge is 0.463 e. The van der Waals surface area contributed by atoms with Gasteiger partial charge in [0.1, 0.15) is 5.71 Å². The number of ether oxygens (including phenoxy) is 2. The highest BCUT2D eigenvalue weighted by atomic mass is 16.6. The summed E-state index contributed by atoms with van der Waals surface area (Å²) in [6.45, 7) is 11.3. The van der Waals surface area contributed by atoms with Gasteiger partial charge in [-0.15, -0.1) is 0 Å². The molecule has 40 heavy (non-hydrogen) atoms. The number of aryl methyl sites for hydroxylation is 1. The Morgan fingerprint density at radius 3 is 2.20 bits per heavy atom. The molecule has 1 N–H and O–H groups in total. The van der Waals surface area contributed by atoms with Gasteiger partial charge in [0, 0.05) is 17.5 Å². The van der Waals surface area contributed by atoms with Crippen molar-refractivity contribution < 1.29 is 24.3 Å². The van der Waals surface area contributed by atoms with Crippen molar-refractivity contribution in [2.75, 3.05) is 13.2 Å². The van der Waals surface area contributed by atoms with Gasteiger partial charge >= 0.3 is 11.9 Å². The second-order valence-corrected chi connectivity index (χ2v) is 11.2. The van der Waals surface area contributed by atoms with Gasteiger partial charge in [0.2, 0.25) is 5.71 Å². The van der Waals surface area contributed by atoms with E-state index in [2.05, 4.69) is 38.9 Å². The van der Waals surface area contributed by atoms with Crippen molar-refractivity contribution >= 4 is 23.4 Å². The quantitative estimate of drug-likeness (QED) is 0.0615. The van der Waals surface area contributed by atoms with Crippen LogP contribution in [0, 0.1) is 6.92 Å². The molecule has 7 nitrogen and oxygen atoms in total. The minimum absolute atomic E-state index is 0.124. The minimum atomic E-state index is -1.05. The predicted molar refractivity (Wildman–Crippen MR) is 162 cm³/mol. The van der Waals surface area contributed by atoms with Crippen molar-refractivity contribution in [3.05, 3.63) is 34.9 Å². The van der Waals surface area contributed by atoms with Gasteiger partial charge in [-0.25, -0.2) is 9.59 Å². The van der Waals surface area contributed by atoms with E-state index in [4.69, 9.17) is 14.5 Å². The number of carbonyl (C=O) groups is 2. The summed E-state index contributed by atoms with van der Waals surface area (Å²) in [5.74, 6) is -1.41. The molecule has 0 fully saturated rings.